The molecule has 0 radical (unpaired) electrons. The van der Waals surface area contributed by atoms with Gasteiger partial charge in [0.1, 0.15) is 5.75 Å². The summed E-state index contributed by atoms with van der Waals surface area (Å²) in [5.74, 6) is 0.852. The van der Waals surface area contributed by atoms with Crippen LogP contribution in [-0.4, -0.2) is 49.3 Å². The molecule has 1 unspecified atom stereocenters. The molecule has 1 N–H and O–H groups in total. The van der Waals surface area contributed by atoms with Crippen LogP contribution in [0.3, 0.4) is 0 Å². The molecule has 3 rings (SSSR count). The zero-order valence-electron chi connectivity index (χ0n) is 14.3. The number of ether oxygens (including phenoxy) is 1. The van der Waals surface area contributed by atoms with Gasteiger partial charge in [-0.2, -0.15) is 0 Å². The Labute approximate surface area is 144 Å². The first kappa shape index (κ1) is 16.8. The molecule has 0 aliphatic carbocycles. The largest absolute Gasteiger partial charge is 0.494 e. The minimum atomic E-state index is -0.455. The lowest BCUT2D eigenvalue weighted by atomic mass is 10.1. The number of β-amino-alcohol motifs (C(OH)–C–C–N with tert-alkyl or cyclic N) is 1. The van der Waals surface area contributed by atoms with Crippen molar-refractivity contribution in [3.8, 4) is 5.75 Å². The van der Waals surface area contributed by atoms with Crippen LogP contribution in [0.15, 0.2) is 54.6 Å². The molecule has 2 aromatic rings. The Bertz CT molecular complexity index is 607. The fourth-order valence-electron chi connectivity index (χ4n) is 3.13. The van der Waals surface area contributed by atoms with Gasteiger partial charge in [-0.05, 0) is 36.8 Å². The number of aliphatic hydroxyl groups is 1. The molecule has 0 amide bonds. The van der Waals surface area contributed by atoms with E-state index in [9.17, 15) is 5.11 Å². The first-order chi connectivity index (χ1) is 11.8. The maximum Gasteiger partial charge on any atom is 0.119 e. The fourth-order valence-corrected chi connectivity index (χ4v) is 3.13. The Kier molecular flexibility index (Phi) is 5.72. The Morgan fingerprint density at radius 2 is 1.62 bits per heavy atom. The lowest BCUT2D eigenvalue weighted by molar-refractivity contribution is 0.109. The number of anilines is 1. The molecule has 1 saturated heterocycles. The van der Waals surface area contributed by atoms with Crippen LogP contribution in [0.5, 0.6) is 5.75 Å². The van der Waals surface area contributed by atoms with Gasteiger partial charge in [0.15, 0.2) is 0 Å². The number of rotatable bonds is 6. The van der Waals surface area contributed by atoms with Gasteiger partial charge in [-0.1, -0.05) is 30.3 Å². The van der Waals surface area contributed by atoms with Crippen molar-refractivity contribution in [1.82, 2.24) is 4.90 Å². The number of aliphatic hydroxyl groups excluding tert-OH is 1. The van der Waals surface area contributed by atoms with Crippen molar-refractivity contribution in [2.75, 3.05) is 44.2 Å². The molecule has 1 atom stereocenters. The fraction of sp³-hybridized carbons (Fsp3) is 0.400. The van der Waals surface area contributed by atoms with Gasteiger partial charge in [0.25, 0.3) is 0 Å². The zero-order chi connectivity index (χ0) is 16.8. The summed E-state index contributed by atoms with van der Waals surface area (Å²) in [7, 11) is 0. The molecule has 0 saturated carbocycles. The minimum Gasteiger partial charge on any atom is -0.494 e. The minimum absolute atomic E-state index is 0.455. The average molecular weight is 326 g/mol. The van der Waals surface area contributed by atoms with Gasteiger partial charge in [0.05, 0.1) is 12.7 Å². The maximum atomic E-state index is 10.5. The quantitative estimate of drug-likeness (QED) is 0.885. The van der Waals surface area contributed by atoms with Crippen molar-refractivity contribution in [2.24, 2.45) is 0 Å². The first-order valence-corrected chi connectivity index (χ1v) is 8.69. The highest BCUT2D eigenvalue weighted by Crippen LogP contribution is 2.20. The van der Waals surface area contributed by atoms with Crippen LogP contribution in [0.4, 0.5) is 5.69 Å². The van der Waals surface area contributed by atoms with Crippen molar-refractivity contribution in [2.45, 2.75) is 13.0 Å². The van der Waals surface area contributed by atoms with Gasteiger partial charge in [-0.15, -0.1) is 0 Å². The van der Waals surface area contributed by atoms with Crippen LogP contribution in [-0.2, 0) is 0 Å². The zero-order valence-corrected chi connectivity index (χ0v) is 14.3. The molecule has 0 bridgehead atoms. The monoisotopic (exact) mass is 326 g/mol. The normalized spacial score (nSPS) is 16.8. The van der Waals surface area contributed by atoms with Gasteiger partial charge in [0.2, 0.25) is 0 Å². The number of para-hydroxylation sites is 1. The molecular formula is C20H26N2O2. The van der Waals surface area contributed by atoms with E-state index < -0.39 is 6.10 Å². The lowest BCUT2D eigenvalue weighted by Crippen LogP contribution is -2.47. The molecule has 0 aromatic heterocycles. The number of piperazine rings is 1. The molecule has 0 spiro atoms. The van der Waals surface area contributed by atoms with Crippen molar-refractivity contribution in [3.63, 3.8) is 0 Å². The topological polar surface area (TPSA) is 35.9 Å². The molecule has 4 nitrogen and oxygen atoms in total. The first-order valence-electron chi connectivity index (χ1n) is 8.69. The van der Waals surface area contributed by atoms with E-state index in [1.54, 1.807) is 0 Å². The SMILES string of the molecule is CCOc1ccc(C(O)CN2CCN(c3ccccc3)CC2)cc1. The van der Waals surface area contributed by atoms with E-state index >= 15 is 0 Å². The lowest BCUT2D eigenvalue weighted by Gasteiger charge is -2.37. The van der Waals surface area contributed by atoms with Crippen LogP contribution in [0.1, 0.15) is 18.6 Å². The van der Waals surface area contributed by atoms with E-state index in [1.807, 2.05) is 37.3 Å². The maximum absolute atomic E-state index is 10.5. The summed E-state index contributed by atoms with van der Waals surface area (Å²) in [6.45, 7) is 7.26. The van der Waals surface area contributed by atoms with Crippen molar-refractivity contribution in [1.29, 1.82) is 0 Å². The van der Waals surface area contributed by atoms with Crippen molar-refractivity contribution in [3.05, 3.63) is 60.2 Å². The van der Waals surface area contributed by atoms with E-state index in [2.05, 4.69) is 34.1 Å². The second kappa shape index (κ2) is 8.18. The standard InChI is InChI=1S/C20H26N2O2/c1-2-24-19-10-8-17(9-11-19)20(23)16-21-12-14-22(15-13-21)18-6-4-3-5-7-18/h3-11,20,23H,2,12-16H2,1H3. The third-order valence-corrected chi connectivity index (χ3v) is 4.50. The van der Waals surface area contributed by atoms with E-state index in [1.165, 1.54) is 5.69 Å². The second-order valence-electron chi connectivity index (χ2n) is 6.14. The van der Waals surface area contributed by atoms with E-state index in [-0.39, 0.29) is 0 Å². The van der Waals surface area contributed by atoms with Gasteiger partial charge < -0.3 is 14.7 Å². The Morgan fingerprint density at radius 3 is 2.25 bits per heavy atom. The summed E-state index contributed by atoms with van der Waals surface area (Å²) in [6.07, 6.45) is -0.455. The molecule has 2 aromatic carbocycles. The number of nitrogens with zero attached hydrogens (tertiary/aromatic N) is 2. The summed E-state index contributed by atoms with van der Waals surface area (Å²) in [4.78, 5) is 4.74. The Balaban J connectivity index is 1.50. The summed E-state index contributed by atoms with van der Waals surface area (Å²) in [5, 5.41) is 10.5. The van der Waals surface area contributed by atoms with Crippen LogP contribution >= 0.6 is 0 Å². The summed E-state index contributed by atoms with van der Waals surface area (Å²) in [6, 6.07) is 18.3. The second-order valence-corrected chi connectivity index (χ2v) is 6.14. The van der Waals surface area contributed by atoms with Crippen molar-refractivity contribution < 1.29 is 9.84 Å². The van der Waals surface area contributed by atoms with Crippen molar-refractivity contribution >= 4 is 5.69 Å². The molecule has 24 heavy (non-hydrogen) atoms. The Morgan fingerprint density at radius 1 is 0.958 bits per heavy atom. The van der Waals surface area contributed by atoms with Gasteiger partial charge >= 0.3 is 0 Å². The number of hydrogen-bond donors (Lipinski definition) is 1. The number of benzene rings is 2. The number of hydrogen-bond acceptors (Lipinski definition) is 4. The van der Waals surface area contributed by atoms with Crippen LogP contribution in [0.2, 0.25) is 0 Å². The van der Waals surface area contributed by atoms with Crippen LogP contribution < -0.4 is 9.64 Å². The third kappa shape index (κ3) is 4.28. The highest BCUT2D eigenvalue weighted by atomic mass is 16.5. The van der Waals surface area contributed by atoms with Gasteiger partial charge in [-0.3, -0.25) is 4.90 Å². The molecule has 1 aliphatic heterocycles. The summed E-state index contributed by atoms with van der Waals surface area (Å²) in [5.41, 5.74) is 2.23. The highest BCUT2D eigenvalue weighted by molar-refractivity contribution is 5.46. The highest BCUT2D eigenvalue weighted by Gasteiger charge is 2.20. The van der Waals surface area contributed by atoms with Gasteiger partial charge in [0, 0.05) is 38.4 Å². The third-order valence-electron chi connectivity index (χ3n) is 4.50. The molecule has 1 heterocycles. The summed E-state index contributed by atoms with van der Waals surface area (Å²) >= 11 is 0. The van der Waals surface area contributed by atoms with Crippen LogP contribution in [0, 0.1) is 0 Å². The smallest absolute Gasteiger partial charge is 0.119 e. The predicted molar refractivity (Wildman–Crippen MR) is 97.7 cm³/mol. The average Bonchev–Trinajstić information content (AvgIpc) is 2.64. The van der Waals surface area contributed by atoms with E-state index in [0.717, 1.165) is 37.5 Å². The van der Waals surface area contributed by atoms with E-state index in [0.29, 0.717) is 13.2 Å². The molecule has 1 fully saturated rings. The van der Waals surface area contributed by atoms with E-state index in [4.69, 9.17) is 4.74 Å². The summed E-state index contributed by atoms with van der Waals surface area (Å²) < 4.78 is 5.45. The molecule has 4 heteroatoms. The molecule has 128 valence electrons. The Hall–Kier alpha value is -2.04. The molecular weight excluding hydrogens is 300 g/mol. The molecule has 1 aliphatic rings. The van der Waals surface area contributed by atoms with Crippen LogP contribution in [0.25, 0.3) is 0 Å². The predicted octanol–water partition coefficient (Wildman–Crippen LogP) is 2.94. The van der Waals surface area contributed by atoms with Gasteiger partial charge in [-0.25, -0.2) is 0 Å².